The molecule has 1 nitrogen and oxygen atoms in total. The van der Waals surface area contributed by atoms with Gasteiger partial charge in [-0.2, -0.15) is 0 Å². The molecule has 1 unspecified atom stereocenters. The van der Waals surface area contributed by atoms with Crippen molar-refractivity contribution in [2.45, 2.75) is 59.8 Å². The molecule has 2 aromatic rings. The quantitative estimate of drug-likeness (QED) is 0.664. The van der Waals surface area contributed by atoms with E-state index in [-0.39, 0.29) is 0 Å². The van der Waals surface area contributed by atoms with Gasteiger partial charge in [0.15, 0.2) is 0 Å². The first kappa shape index (κ1) is 17.2. The van der Waals surface area contributed by atoms with Gasteiger partial charge in [0.1, 0.15) is 0 Å². The molecule has 0 radical (unpaired) electrons. The second-order valence-corrected chi connectivity index (χ2v) is 7.34. The van der Waals surface area contributed by atoms with Crippen molar-refractivity contribution in [3.63, 3.8) is 0 Å². The van der Waals surface area contributed by atoms with E-state index < -0.39 is 0 Å². The fourth-order valence-electron chi connectivity index (χ4n) is 3.43. The second kappa shape index (κ2) is 8.48. The summed E-state index contributed by atoms with van der Waals surface area (Å²) in [4.78, 5) is 0. The van der Waals surface area contributed by atoms with Gasteiger partial charge in [-0.15, -0.1) is 0 Å². The Labute approximate surface area is 149 Å². The highest BCUT2D eigenvalue weighted by molar-refractivity contribution is 5.32. The van der Waals surface area contributed by atoms with E-state index >= 15 is 0 Å². The Kier molecular flexibility index (Phi) is 6.09. The standard InChI is InChI=1S/C23H32O/c1-6-22(23-10-8-17(3)19(5)12-23)14-21(15-24)13-20-9-7-16(2)18(4)11-20/h7-12,21-22,24H,6,13-15H2,1-5H3/t21-,22?/m1/s1/i24T. The minimum atomic E-state index is 0.367. The maximum Gasteiger partial charge on any atom is 0.210 e. The normalized spacial score (nSPS) is 14.3. The zero-order chi connectivity index (χ0) is 18.4. The van der Waals surface area contributed by atoms with E-state index in [1.165, 1.54) is 33.4 Å². The summed E-state index contributed by atoms with van der Waals surface area (Å²) in [6.07, 6.45) is 3.15. The van der Waals surface area contributed by atoms with Crippen molar-refractivity contribution < 1.29 is 5.11 Å². The number of hydrogen-bond donors (Lipinski definition) is 1. The molecule has 0 heterocycles. The first-order valence-corrected chi connectivity index (χ1v) is 9.16. The summed E-state index contributed by atoms with van der Waals surface area (Å²) in [5, 5.41) is 4.80. The first-order chi connectivity index (χ1) is 11.9. The molecular formula is C23H32O. The van der Waals surface area contributed by atoms with Gasteiger partial charge < -0.3 is 5.11 Å². The van der Waals surface area contributed by atoms with Crippen molar-refractivity contribution in [2.75, 3.05) is 6.61 Å². The molecule has 2 atom stereocenters. The van der Waals surface area contributed by atoms with Gasteiger partial charge in [0.2, 0.25) is 1.43 Å². The van der Waals surface area contributed by atoms with Crippen LogP contribution in [0.25, 0.3) is 0 Å². The molecule has 0 bridgehead atoms. The highest BCUT2D eigenvalue weighted by Gasteiger charge is 2.17. The van der Waals surface area contributed by atoms with Crippen molar-refractivity contribution in [1.29, 1.82) is 1.43 Å². The van der Waals surface area contributed by atoms with Crippen molar-refractivity contribution in [3.05, 3.63) is 69.8 Å². The maximum absolute atomic E-state index is 7.24. The molecule has 24 heavy (non-hydrogen) atoms. The summed E-state index contributed by atoms with van der Waals surface area (Å²) >= 11 is 0. The fourth-order valence-corrected chi connectivity index (χ4v) is 3.43. The van der Waals surface area contributed by atoms with Gasteiger partial charge in [0.25, 0.3) is 0 Å². The van der Waals surface area contributed by atoms with E-state index in [0.717, 1.165) is 19.3 Å². The summed E-state index contributed by atoms with van der Waals surface area (Å²) in [6, 6.07) is 13.5. The van der Waals surface area contributed by atoms with E-state index in [1.807, 2.05) is 0 Å². The Morgan fingerprint density at radius 3 is 2.17 bits per heavy atom. The molecule has 1 N–H and O–H groups in total. The van der Waals surface area contributed by atoms with Crippen LogP contribution in [0.1, 0.15) is 59.1 Å². The minimum Gasteiger partial charge on any atom is -0.396 e. The molecule has 0 saturated heterocycles. The summed E-state index contributed by atoms with van der Waals surface area (Å²) in [5.74, 6) is 0.886. The smallest absolute Gasteiger partial charge is 0.210 e. The number of benzene rings is 2. The molecule has 0 aliphatic heterocycles. The SMILES string of the molecule is [3H]OC[C@H](Cc1ccc(C)c(C)c1)CC(CC)c1ccc(C)c(C)c1. The van der Waals surface area contributed by atoms with Gasteiger partial charge in [-0.05, 0) is 92.2 Å². The average molecular weight is 327 g/mol. The van der Waals surface area contributed by atoms with E-state index in [1.54, 1.807) is 0 Å². The summed E-state index contributed by atoms with van der Waals surface area (Å²) in [7, 11) is 0. The lowest BCUT2D eigenvalue weighted by Gasteiger charge is -2.23. The highest BCUT2D eigenvalue weighted by atomic mass is 16.3. The van der Waals surface area contributed by atoms with Crippen molar-refractivity contribution in [1.82, 2.24) is 0 Å². The Morgan fingerprint density at radius 1 is 0.917 bits per heavy atom. The summed E-state index contributed by atoms with van der Waals surface area (Å²) in [6.45, 7) is 11.4. The molecule has 0 saturated carbocycles. The molecule has 130 valence electrons. The van der Waals surface area contributed by atoms with Crippen LogP contribution in [0.4, 0.5) is 0 Å². The topological polar surface area (TPSA) is 20.2 Å². The lowest BCUT2D eigenvalue weighted by molar-refractivity contribution is 0.209. The van der Waals surface area contributed by atoms with Gasteiger partial charge >= 0.3 is 0 Å². The van der Waals surface area contributed by atoms with Gasteiger partial charge in [-0.3, -0.25) is 0 Å². The molecule has 0 spiro atoms. The monoisotopic (exact) mass is 326 g/mol. The molecular weight excluding hydrogens is 292 g/mol. The van der Waals surface area contributed by atoms with Crippen LogP contribution in [0.3, 0.4) is 0 Å². The van der Waals surface area contributed by atoms with E-state index in [4.69, 9.17) is 6.54 Å². The Bertz CT molecular complexity index is 692. The third-order valence-electron chi connectivity index (χ3n) is 5.44. The van der Waals surface area contributed by atoms with Crippen LogP contribution in [0.2, 0.25) is 0 Å². The number of hydrogen-bond acceptors (Lipinski definition) is 1. The van der Waals surface area contributed by atoms with Crippen molar-refractivity contribution in [3.8, 4) is 0 Å². The third kappa shape index (κ3) is 4.70. The first-order valence-electron chi connectivity index (χ1n) is 9.56. The highest BCUT2D eigenvalue weighted by Crippen LogP contribution is 2.30. The Hall–Kier alpha value is -1.60. The van der Waals surface area contributed by atoms with Crippen molar-refractivity contribution >= 4 is 0 Å². The molecule has 2 aromatic carbocycles. The van der Waals surface area contributed by atoms with Gasteiger partial charge in [0.05, 0.1) is 0 Å². The molecule has 0 amide bonds. The second-order valence-electron chi connectivity index (χ2n) is 7.34. The molecule has 0 aromatic heterocycles. The predicted octanol–water partition coefficient (Wildman–Crippen LogP) is 5.66. The van der Waals surface area contributed by atoms with Crippen LogP contribution >= 0.6 is 0 Å². The van der Waals surface area contributed by atoms with Crippen molar-refractivity contribution in [2.24, 2.45) is 5.92 Å². The zero-order valence-electron chi connectivity index (χ0n) is 16.9. The van der Waals surface area contributed by atoms with Gasteiger partial charge in [0, 0.05) is 6.61 Å². The molecule has 0 aliphatic rings. The van der Waals surface area contributed by atoms with Gasteiger partial charge in [-0.25, -0.2) is 0 Å². The van der Waals surface area contributed by atoms with Crippen LogP contribution in [0.15, 0.2) is 36.4 Å². The number of aliphatic hydroxyl groups is 1. The zero-order valence-corrected chi connectivity index (χ0v) is 15.9. The Balaban J connectivity index is 2.14. The number of rotatable bonds is 8. The molecule has 0 aliphatic carbocycles. The van der Waals surface area contributed by atoms with Gasteiger partial charge in [-0.1, -0.05) is 43.3 Å². The largest absolute Gasteiger partial charge is 0.396 e. The van der Waals surface area contributed by atoms with Crippen LogP contribution in [0, 0.1) is 33.6 Å². The van der Waals surface area contributed by atoms with E-state index in [2.05, 4.69) is 71.0 Å². The predicted molar refractivity (Wildman–Crippen MR) is 104 cm³/mol. The van der Waals surface area contributed by atoms with Crippen LogP contribution < -0.4 is 0 Å². The lowest BCUT2D eigenvalue weighted by atomic mass is 9.83. The molecule has 0 fully saturated rings. The fraction of sp³-hybridized carbons (Fsp3) is 0.478. The molecule has 1 heteroatoms. The molecule has 2 rings (SSSR count). The Morgan fingerprint density at radius 2 is 1.58 bits per heavy atom. The van der Waals surface area contributed by atoms with Crippen LogP contribution in [-0.2, 0) is 6.42 Å². The summed E-state index contributed by atoms with van der Waals surface area (Å²) in [5.41, 5.74) is 8.14. The van der Waals surface area contributed by atoms with E-state index in [0.29, 0.717) is 18.4 Å². The number of aliphatic hydroxyl groups excluding tert-OH is 1. The van der Waals surface area contributed by atoms with Crippen LogP contribution in [0.5, 0.6) is 0 Å². The number of aryl methyl sites for hydroxylation is 4. The maximum atomic E-state index is 7.24. The van der Waals surface area contributed by atoms with E-state index in [9.17, 15) is 0 Å². The lowest BCUT2D eigenvalue weighted by Crippen LogP contribution is -2.14. The minimum absolute atomic E-state index is 0.367. The summed E-state index contributed by atoms with van der Waals surface area (Å²) < 4.78 is 7.24. The van der Waals surface area contributed by atoms with Crippen LogP contribution in [-0.4, -0.2) is 13.1 Å². The third-order valence-corrected chi connectivity index (χ3v) is 5.44. The average Bonchev–Trinajstić information content (AvgIpc) is 2.58.